The standard InChI is InChI=1S/C21H24N2O3S/c1-15(27-19-5-3-2-4-6-19)16-7-9-18(10-8-16)22-21(26)23-13-11-17(12-14-23)20(24)25/h2-10,15,17H,11-14H2,1H3,(H,22,26)(H,24,25). The van der Waals surface area contributed by atoms with Gasteiger partial charge in [0.05, 0.1) is 5.92 Å². The molecule has 0 aliphatic carbocycles. The number of hydrogen-bond acceptors (Lipinski definition) is 3. The van der Waals surface area contributed by atoms with Gasteiger partial charge in [-0.05, 0) is 49.6 Å². The number of rotatable bonds is 5. The van der Waals surface area contributed by atoms with Gasteiger partial charge in [-0.15, -0.1) is 11.8 Å². The lowest BCUT2D eigenvalue weighted by Gasteiger charge is -2.30. The number of carbonyl (C=O) groups is 2. The molecule has 0 saturated carbocycles. The van der Waals surface area contributed by atoms with E-state index in [-0.39, 0.29) is 11.9 Å². The molecule has 2 amide bonds. The molecule has 3 rings (SSSR count). The van der Waals surface area contributed by atoms with E-state index < -0.39 is 5.97 Å². The van der Waals surface area contributed by atoms with Crippen LogP contribution in [0.1, 0.15) is 30.6 Å². The molecule has 0 aromatic heterocycles. The van der Waals surface area contributed by atoms with E-state index in [9.17, 15) is 9.59 Å². The maximum absolute atomic E-state index is 12.4. The summed E-state index contributed by atoms with van der Waals surface area (Å²) < 4.78 is 0. The van der Waals surface area contributed by atoms with E-state index >= 15 is 0 Å². The summed E-state index contributed by atoms with van der Waals surface area (Å²) in [4.78, 5) is 26.3. The summed E-state index contributed by atoms with van der Waals surface area (Å²) in [6.45, 7) is 3.12. The van der Waals surface area contributed by atoms with Gasteiger partial charge in [0.25, 0.3) is 0 Å². The first kappa shape index (κ1) is 19.3. The highest BCUT2D eigenvalue weighted by Gasteiger charge is 2.26. The summed E-state index contributed by atoms with van der Waals surface area (Å²) in [5.74, 6) is -1.11. The van der Waals surface area contributed by atoms with E-state index in [2.05, 4.69) is 24.4 Å². The average Bonchev–Trinajstić information content (AvgIpc) is 2.69. The van der Waals surface area contributed by atoms with Gasteiger partial charge in [-0.1, -0.05) is 30.3 Å². The molecule has 1 unspecified atom stereocenters. The molecule has 27 heavy (non-hydrogen) atoms. The smallest absolute Gasteiger partial charge is 0.321 e. The quantitative estimate of drug-likeness (QED) is 0.722. The van der Waals surface area contributed by atoms with Gasteiger partial charge < -0.3 is 15.3 Å². The van der Waals surface area contributed by atoms with Gasteiger partial charge in [0.2, 0.25) is 0 Å². The van der Waals surface area contributed by atoms with E-state index in [4.69, 9.17) is 5.11 Å². The summed E-state index contributed by atoms with van der Waals surface area (Å²) >= 11 is 1.80. The van der Waals surface area contributed by atoms with E-state index in [1.54, 1.807) is 16.7 Å². The minimum Gasteiger partial charge on any atom is -0.481 e. The Morgan fingerprint density at radius 2 is 1.70 bits per heavy atom. The number of amides is 2. The molecule has 1 saturated heterocycles. The molecule has 5 nitrogen and oxygen atoms in total. The zero-order valence-corrected chi connectivity index (χ0v) is 16.1. The van der Waals surface area contributed by atoms with Crippen LogP contribution in [0.2, 0.25) is 0 Å². The van der Waals surface area contributed by atoms with Crippen molar-refractivity contribution in [2.45, 2.75) is 29.9 Å². The Morgan fingerprint density at radius 1 is 1.07 bits per heavy atom. The van der Waals surface area contributed by atoms with Crippen LogP contribution in [0.5, 0.6) is 0 Å². The van der Waals surface area contributed by atoms with Crippen LogP contribution < -0.4 is 5.32 Å². The lowest BCUT2D eigenvalue weighted by molar-refractivity contribution is -0.143. The SMILES string of the molecule is CC(Sc1ccccc1)c1ccc(NC(=O)N2CCC(C(=O)O)CC2)cc1. The number of nitrogens with zero attached hydrogens (tertiary/aromatic N) is 1. The van der Waals surface area contributed by atoms with Crippen LogP contribution in [0.3, 0.4) is 0 Å². The van der Waals surface area contributed by atoms with Crippen molar-refractivity contribution in [1.29, 1.82) is 0 Å². The van der Waals surface area contributed by atoms with Crippen molar-refractivity contribution < 1.29 is 14.7 Å². The average molecular weight is 385 g/mol. The number of benzene rings is 2. The number of likely N-dealkylation sites (tertiary alicyclic amines) is 1. The number of carboxylic acids is 1. The molecule has 1 aliphatic rings. The van der Waals surface area contributed by atoms with Crippen LogP contribution in [-0.2, 0) is 4.79 Å². The van der Waals surface area contributed by atoms with E-state index in [0.29, 0.717) is 31.2 Å². The van der Waals surface area contributed by atoms with Crippen LogP contribution >= 0.6 is 11.8 Å². The predicted molar refractivity (Wildman–Crippen MR) is 108 cm³/mol. The van der Waals surface area contributed by atoms with Crippen molar-refractivity contribution >= 4 is 29.4 Å². The number of hydrogen-bond donors (Lipinski definition) is 2. The fraction of sp³-hybridized carbons (Fsp3) is 0.333. The van der Waals surface area contributed by atoms with Crippen LogP contribution in [0.15, 0.2) is 59.5 Å². The zero-order chi connectivity index (χ0) is 19.2. The molecule has 142 valence electrons. The zero-order valence-electron chi connectivity index (χ0n) is 15.3. The van der Waals surface area contributed by atoms with E-state index in [0.717, 1.165) is 5.69 Å². The van der Waals surface area contributed by atoms with Crippen molar-refractivity contribution in [3.8, 4) is 0 Å². The topological polar surface area (TPSA) is 69.6 Å². The third-order valence-electron chi connectivity index (χ3n) is 4.82. The Hall–Kier alpha value is -2.47. The second-order valence-corrected chi connectivity index (χ2v) is 8.14. The largest absolute Gasteiger partial charge is 0.481 e. The highest BCUT2D eigenvalue weighted by molar-refractivity contribution is 7.99. The van der Waals surface area contributed by atoms with Gasteiger partial charge >= 0.3 is 12.0 Å². The molecule has 2 aromatic rings. The Balaban J connectivity index is 1.53. The lowest BCUT2D eigenvalue weighted by atomic mass is 9.97. The normalized spacial score (nSPS) is 16.0. The molecule has 0 bridgehead atoms. The third-order valence-corrected chi connectivity index (χ3v) is 5.99. The monoisotopic (exact) mass is 384 g/mol. The van der Waals surface area contributed by atoms with Crippen molar-refractivity contribution in [3.05, 3.63) is 60.2 Å². The molecule has 6 heteroatoms. The van der Waals surface area contributed by atoms with E-state index in [1.165, 1.54) is 10.5 Å². The highest BCUT2D eigenvalue weighted by atomic mass is 32.2. The number of carboxylic acid groups (broad SMARTS) is 1. The van der Waals surface area contributed by atoms with Crippen LogP contribution in [0.25, 0.3) is 0 Å². The molecule has 1 fully saturated rings. The number of thioether (sulfide) groups is 1. The molecule has 1 heterocycles. The first-order chi connectivity index (χ1) is 13.0. The summed E-state index contributed by atoms with van der Waals surface area (Å²) in [6.07, 6.45) is 1.02. The number of nitrogens with one attached hydrogen (secondary N) is 1. The molecule has 2 aromatic carbocycles. The molecular weight excluding hydrogens is 360 g/mol. The van der Waals surface area contributed by atoms with Crippen LogP contribution in [0, 0.1) is 5.92 Å². The second kappa shape index (κ2) is 8.95. The summed E-state index contributed by atoms with van der Waals surface area (Å²) in [5.41, 5.74) is 1.95. The summed E-state index contributed by atoms with van der Waals surface area (Å²) in [6, 6.07) is 18.0. The minimum atomic E-state index is -0.770. The Kier molecular flexibility index (Phi) is 6.40. The van der Waals surface area contributed by atoms with Gasteiger partial charge in [-0.25, -0.2) is 4.79 Å². The van der Waals surface area contributed by atoms with Gasteiger partial charge in [0, 0.05) is 28.9 Å². The third kappa shape index (κ3) is 5.26. The maximum Gasteiger partial charge on any atom is 0.321 e. The molecule has 2 N–H and O–H groups in total. The number of piperidine rings is 1. The van der Waals surface area contributed by atoms with Gasteiger partial charge in [0.1, 0.15) is 0 Å². The highest BCUT2D eigenvalue weighted by Crippen LogP contribution is 2.34. The number of aliphatic carboxylic acids is 1. The van der Waals surface area contributed by atoms with E-state index in [1.807, 2.05) is 42.5 Å². The molecule has 1 atom stereocenters. The van der Waals surface area contributed by atoms with Crippen molar-refractivity contribution in [3.63, 3.8) is 0 Å². The van der Waals surface area contributed by atoms with Crippen LogP contribution in [0.4, 0.5) is 10.5 Å². The fourth-order valence-corrected chi connectivity index (χ4v) is 4.16. The molecule has 0 radical (unpaired) electrons. The van der Waals surface area contributed by atoms with Crippen molar-refractivity contribution in [2.75, 3.05) is 18.4 Å². The van der Waals surface area contributed by atoms with Crippen LogP contribution in [-0.4, -0.2) is 35.1 Å². The van der Waals surface area contributed by atoms with Crippen molar-refractivity contribution in [1.82, 2.24) is 4.90 Å². The summed E-state index contributed by atoms with van der Waals surface area (Å²) in [7, 11) is 0. The Labute approximate surface area is 163 Å². The fourth-order valence-electron chi connectivity index (χ4n) is 3.14. The first-order valence-electron chi connectivity index (χ1n) is 9.13. The molecular formula is C21H24N2O3S. The predicted octanol–water partition coefficient (Wildman–Crippen LogP) is 4.87. The number of urea groups is 1. The molecule has 0 spiro atoms. The maximum atomic E-state index is 12.4. The van der Waals surface area contributed by atoms with Gasteiger partial charge in [-0.3, -0.25) is 4.79 Å². The lowest BCUT2D eigenvalue weighted by Crippen LogP contribution is -2.42. The Bertz CT molecular complexity index is 772. The summed E-state index contributed by atoms with van der Waals surface area (Å²) in [5, 5.41) is 12.3. The van der Waals surface area contributed by atoms with Gasteiger partial charge in [-0.2, -0.15) is 0 Å². The Morgan fingerprint density at radius 3 is 2.30 bits per heavy atom. The molecule has 1 aliphatic heterocycles. The number of anilines is 1. The second-order valence-electron chi connectivity index (χ2n) is 6.72. The minimum absolute atomic E-state index is 0.168. The number of carbonyl (C=O) groups excluding carboxylic acids is 1. The van der Waals surface area contributed by atoms with Crippen molar-refractivity contribution in [2.24, 2.45) is 5.92 Å². The first-order valence-corrected chi connectivity index (χ1v) is 10.0. The van der Waals surface area contributed by atoms with Gasteiger partial charge in [0.15, 0.2) is 0 Å².